The van der Waals surface area contributed by atoms with Gasteiger partial charge in [-0.25, -0.2) is 13.9 Å². The van der Waals surface area contributed by atoms with Crippen molar-refractivity contribution in [3.8, 4) is 0 Å². The Hall–Kier alpha value is -2.70. The largest absolute Gasteiger partial charge is 0.459 e. The van der Waals surface area contributed by atoms with Crippen LogP contribution in [-0.4, -0.2) is 26.8 Å². The number of allylic oxidation sites excluding steroid dienone is 1. The van der Waals surface area contributed by atoms with Gasteiger partial charge in [0, 0.05) is 5.70 Å². The Kier molecular flexibility index (Phi) is 4.44. The average Bonchev–Trinajstić information content (AvgIpc) is 3.09. The number of rotatable bonds is 3. The molecule has 1 N–H and O–H groups in total. The second kappa shape index (κ2) is 6.90. The number of hydrogen-bond acceptors (Lipinski definition) is 5. The fourth-order valence-corrected chi connectivity index (χ4v) is 3.74. The first-order valence-corrected chi connectivity index (χ1v) is 8.97. The van der Waals surface area contributed by atoms with Gasteiger partial charge >= 0.3 is 5.97 Å². The van der Waals surface area contributed by atoms with E-state index in [-0.39, 0.29) is 17.9 Å². The molecular weight excluding hydrogens is 335 g/mol. The lowest BCUT2D eigenvalue weighted by atomic mass is 9.95. The van der Waals surface area contributed by atoms with E-state index < -0.39 is 6.04 Å². The molecule has 1 aromatic heterocycles. The summed E-state index contributed by atoms with van der Waals surface area (Å²) < 4.78 is 21.2. The Morgan fingerprint density at radius 2 is 2.12 bits per heavy atom. The molecule has 2 heterocycles. The summed E-state index contributed by atoms with van der Waals surface area (Å²) in [5.74, 6) is -0.219. The molecule has 6 nitrogen and oxygen atoms in total. The van der Waals surface area contributed by atoms with Gasteiger partial charge in [0.05, 0.1) is 5.57 Å². The molecule has 0 spiro atoms. The van der Waals surface area contributed by atoms with Gasteiger partial charge in [-0.3, -0.25) is 0 Å². The SMILES string of the molecule is CC1=C(C(=O)OC2CCCCC2)[C@H](c2cccc(F)c2)n2ncnc2N1. The fraction of sp³-hybridized carbons (Fsp3) is 0.421. The molecular formula is C19H21FN4O2. The van der Waals surface area contributed by atoms with E-state index in [1.165, 1.54) is 24.9 Å². The van der Waals surface area contributed by atoms with E-state index in [0.29, 0.717) is 22.8 Å². The molecule has 1 atom stereocenters. The van der Waals surface area contributed by atoms with Crippen LogP contribution in [0.5, 0.6) is 0 Å². The zero-order chi connectivity index (χ0) is 18.1. The van der Waals surface area contributed by atoms with Crippen LogP contribution in [0.1, 0.15) is 50.6 Å². The maximum absolute atomic E-state index is 13.8. The van der Waals surface area contributed by atoms with Gasteiger partial charge in [0.1, 0.15) is 24.3 Å². The molecule has 1 aromatic carbocycles. The smallest absolute Gasteiger partial charge is 0.338 e. The minimum Gasteiger partial charge on any atom is -0.459 e. The number of nitrogens with one attached hydrogen (secondary N) is 1. The Labute approximate surface area is 151 Å². The zero-order valence-corrected chi connectivity index (χ0v) is 14.6. The summed E-state index contributed by atoms with van der Waals surface area (Å²) in [6, 6.07) is 5.64. The van der Waals surface area contributed by atoms with Crippen LogP contribution in [0.25, 0.3) is 0 Å². The monoisotopic (exact) mass is 356 g/mol. The molecule has 2 aliphatic rings. The number of fused-ring (bicyclic) bond motifs is 1. The maximum Gasteiger partial charge on any atom is 0.338 e. The number of hydrogen-bond donors (Lipinski definition) is 1. The van der Waals surface area contributed by atoms with Crippen LogP contribution in [0, 0.1) is 5.82 Å². The Balaban J connectivity index is 1.71. The quantitative estimate of drug-likeness (QED) is 0.852. The summed E-state index contributed by atoms with van der Waals surface area (Å²) in [6.45, 7) is 1.81. The highest BCUT2D eigenvalue weighted by molar-refractivity contribution is 5.92. The minimum absolute atomic E-state index is 0.0538. The number of halogens is 1. The first-order valence-electron chi connectivity index (χ1n) is 8.97. The first kappa shape index (κ1) is 16.8. The predicted molar refractivity (Wildman–Crippen MR) is 93.8 cm³/mol. The Morgan fingerprint density at radius 3 is 2.88 bits per heavy atom. The molecule has 136 valence electrons. The molecule has 26 heavy (non-hydrogen) atoms. The molecule has 2 aromatic rings. The van der Waals surface area contributed by atoms with E-state index in [9.17, 15) is 9.18 Å². The van der Waals surface area contributed by atoms with Crippen LogP contribution < -0.4 is 5.32 Å². The van der Waals surface area contributed by atoms with E-state index in [1.807, 2.05) is 6.92 Å². The number of anilines is 1. The molecule has 1 aliphatic heterocycles. The fourth-order valence-electron chi connectivity index (χ4n) is 3.74. The van der Waals surface area contributed by atoms with E-state index in [0.717, 1.165) is 25.7 Å². The van der Waals surface area contributed by atoms with Crippen molar-refractivity contribution >= 4 is 11.9 Å². The molecule has 1 saturated carbocycles. The third-order valence-corrected chi connectivity index (χ3v) is 5.00. The van der Waals surface area contributed by atoms with Crippen molar-refractivity contribution in [3.63, 3.8) is 0 Å². The normalized spacial score (nSPS) is 20.5. The van der Waals surface area contributed by atoms with E-state index in [4.69, 9.17) is 4.74 Å². The van der Waals surface area contributed by atoms with Gasteiger partial charge in [-0.05, 0) is 50.3 Å². The lowest BCUT2D eigenvalue weighted by Gasteiger charge is -2.30. The highest BCUT2D eigenvalue weighted by atomic mass is 19.1. The lowest BCUT2D eigenvalue weighted by Crippen LogP contribution is -2.32. The predicted octanol–water partition coefficient (Wildman–Crippen LogP) is 3.58. The first-order chi connectivity index (χ1) is 12.6. The number of carbonyl (C=O) groups is 1. The summed E-state index contributed by atoms with van der Waals surface area (Å²) in [5, 5.41) is 7.33. The van der Waals surface area contributed by atoms with Gasteiger partial charge in [0.2, 0.25) is 5.95 Å². The summed E-state index contributed by atoms with van der Waals surface area (Å²) in [5.41, 5.74) is 1.73. The molecule has 0 saturated heterocycles. The van der Waals surface area contributed by atoms with Gasteiger partial charge in [-0.1, -0.05) is 18.6 Å². The van der Waals surface area contributed by atoms with E-state index in [2.05, 4.69) is 15.4 Å². The number of ether oxygens (including phenoxy) is 1. The molecule has 0 radical (unpaired) electrons. The molecule has 1 aliphatic carbocycles. The van der Waals surface area contributed by atoms with Crippen LogP contribution in [0.3, 0.4) is 0 Å². The summed E-state index contributed by atoms with van der Waals surface area (Å²) in [7, 11) is 0. The minimum atomic E-state index is -0.569. The van der Waals surface area contributed by atoms with Crippen LogP contribution in [-0.2, 0) is 9.53 Å². The third kappa shape index (κ3) is 3.09. The third-order valence-electron chi connectivity index (χ3n) is 5.00. The summed E-state index contributed by atoms with van der Waals surface area (Å²) in [6.07, 6.45) is 6.49. The maximum atomic E-state index is 13.8. The molecule has 0 bridgehead atoms. The number of aromatic nitrogens is 3. The molecule has 0 amide bonds. The van der Waals surface area contributed by atoms with Crippen molar-refractivity contribution in [2.75, 3.05) is 5.32 Å². The lowest BCUT2D eigenvalue weighted by molar-refractivity contribution is -0.146. The van der Waals surface area contributed by atoms with Crippen LogP contribution in [0.2, 0.25) is 0 Å². The summed E-state index contributed by atoms with van der Waals surface area (Å²) in [4.78, 5) is 17.2. The second-order valence-corrected chi connectivity index (χ2v) is 6.81. The topological polar surface area (TPSA) is 69.0 Å². The molecule has 1 fully saturated rings. The van der Waals surface area contributed by atoms with Gasteiger partial charge in [0.25, 0.3) is 0 Å². The van der Waals surface area contributed by atoms with Gasteiger partial charge in [0.15, 0.2) is 0 Å². The second-order valence-electron chi connectivity index (χ2n) is 6.81. The van der Waals surface area contributed by atoms with Crippen molar-refractivity contribution in [2.24, 2.45) is 0 Å². The Bertz CT molecular complexity index is 855. The van der Waals surface area contributed by atoms with Crippen molar-refractivity contribution in [3.05, 3.63) is 53.2 Å². The number of nitrogens with zero attached hydrogens (tertiary/aromatic N) is 3. The van der Waals surface area contributed by atoms with Crippen LogP contribution in [0.15, 0.2) is 41.9 Å². The average molecular weight is 356 g/mol. The van der Waals surface area contributed by atoms with Crippen molar-refractivity contribution < 1.29 is 13.9 Å². The number of esters is 1. The summed E-state index contributed by atoms with van der Waals surface area (Å²) >= 11 is 0. The molecule has 4 rings (SSSR count). The van der Waals surface area contributed by atoms with Crippen LogP contribution >= 0.6 is 0 Å². The van der Waals surface area contributed by atoms with Crippen LogP contribution in [0.4, 0.5) is 10.3 Å². The number of carbonyl (C=O) groups excluding carboxylic acids is 1. The standard InChI is InChI=1S/C19H21FN4O2/c1-12-16(18(25)26-15-8-3-2-4-9-15)17(13-6-5-7-14(20)10-13)24-19(23-12)21-11-22-24/h5-7,10-11,15,17H,2-4,8-9H2,1H3,(H,21,22,23)/t17-/m0/s1. The Morgan fingerprint density at radius 1 is 1.31 bits per heavy atom. The highest BCUT2D eigenvalue weighted by Gasteiger charge is 2.35. The van der Waals surface area contributed by atoms with E-state index in [1.54, 1.807) is 16.8 Å². The van der Waals surface area contributed by atoms with Gasteiger partial charge < -0.3 is 10.1 Å². The van der Waals surface area contributed by atoms with Gasteiger partial charge in [-0.15, -0.1) is 0 Å². The van der Waals surface area contributed by atoms with Crippen molar-refractivity contribution in [2.45, 2.75) is 51.2 Å². The van der Waals surface area contributed by atoms with E-state index >= 15 is 0 Å². The number of benzene rings is 1. The molecule has 7 heteroatoms. The zero-order valence-electron chi connectivity index (χ0n) is 14.6. The molecule has 0 unspecified atom stereocenters. The van der Waals surface area contributed by atoms with Crippen molar-refractivity contribution in [1.29, 1.82) is 0 Å². The highest BCUT2D eigenvalue weighted by Crippen LogP contribution is 2.36. The van der Waals surface area contributed by atoms with Crippen molar-refractivity contribution in [1.82, 2.24) is 14.8 Å². The van der Waals surface area contributed by atoms with Gasteiger partial charge in [-0.2, -0.15) is 10.1 Å².